The minimum atomic E-state index is 0.480. The molecule has 1 nitrogen and oxygen atoms in total. The van der Waals surface area contributed by atoms with Crippen LogP contribution in [0.1, 0.15) is 26.2 Å². The van der Waals surface area contributed by atoms with E-state index in [2.05, 4.69) is 24.9 Å². The fourth-order valence-corrected chi connectivity index (χ4v) is 2.88. The first-order valence-electron chi connectivity index (χ1n) is 4.21. The van der Waals surface area contributed by atoms with Crippen molar-refractivity contribution in [2.24, 2.45) is 11.8 Å². The van der Waals surface area contributed by atoms with Gasteiger partial charge in [-0.1, -0.05) is 6.92 Å². The molecule has 58 valence electrons. The summed E-state index contributed by atoms with van der Waals surface area (Å²) >= 11 is 4.45. The van der Waals surface area contributed by atoms with Crippen molar-refractivity contribution in [2.45, 2.75) is 37.6 Å². The van der Waals surface area contributed by atoms with Crippen molar-refractivity contribution < 1.29 is 0 Å². The summed E-state index contributed by atoms with van der Waals surface area (Å²) in [4.78, 5) is 0. The molecule has 0 aromatic heterocycles. The highest BCUT2D eigenvalue weighted by atomic mass is 32.1. The molecule has 1 saturated heterocycles. The first kappa shape index (κ1) is 6.99. The average Bonchev–Trinajstić information content (AvgIpc) is 2.20. The van der Waals surface area contributed by atoms with Crippen molar-refractivity contribution in [3.8, 4) is 0 Å². The van der Waals surface area contributed by atoms with Gasteiger partial charge in [-0.05, 0) is 31.1 Å². The van der Waals surface area contributed by atoms with Crippen LogP contribution in [0, 0.1) is 11.8 Å². The summed E-state index contributed by atoms with van der Waals surface area (Å²) in [5, 5.41) is 4.00. The average molecular weight is 157 g/mol. The number of hydrogen-bond donors (Lipinski definition) is 2. The van der Waals surface area contributed by atoms with E-state index in [0.29, 0.717) is 5.37 Å². The Morgan fingerprint density at radius 3 is 2.90 bits per heavy atom. The van der Waals surface area contributed by atoms with E-state index >= 15 is 0 Å². The molecule has 1 saturated carbocycles. The lowest BCUT2D eigenvalue weighted by molar-refractivity contribution is 0.269. The van der Waals surface area contributed by atoms with Crippen molar-refractivity contribution >= 4 is 12.6 Å². The minimum Gasteiger partial charge on any atom is -0.302 e. The predicted octanol–water partition coefficient (Wildman–Crippen LogP) is 1.65. The van der Waals surface area contributed by atoms with Crippen molar-refractivity contribution in [3.05, 3.63) is 0 Å². The topological polar surface area (TPSA) is 12.0 Å². The zero-order valence-electron chi connectivity index (χ0n) is 6.38. The van der Waals surface area contributed by atoms with E-state index in [1.165, 1.54) is 19.3 Å². The number of piperidine rings is 1. The Morgan fingerprint density at radius 1 is 1.40 bits per heavy atom. The van der Waals surface area contributed by atoms with Gasteiger partial charge in [-0.15, -0.1) is 0 Å². The van der Waals surface area contributed by atoms with E-state index in [0.717, 1.165) is 17.9 Å². The molecule has 1 heterocycles. The smallest absolute Gasteiger partial charge is 0.0507 e. The van der Waals surface area contributed by atoms with Crippen LogP contribution in [0.5, 0.6) is 0 Å². The third kappa shape index (κ3) is 0.978. The van der Waals surface area contributed by atoms with E-state index in [4.69, 9.17) is 0 Å². The van der Waals surface area contributed by atoms with E-state index in [-0.39, 0.29) is 0 Å². The van der Waals surface area contributed by atoms with E-state index in [9.17, 15) is 0 Å². The van der Waals surface area contributed by atoms with Crippen LogP contribution < -0.4 is 5.32 Å². The van der Waals surface area contributed by atoms with Gasteiger partial charge in [0.2, 0.25) is 0 Å². The lowest BCUT2D eigenvalue weighted by Gasteiger charge is -2.32. The molecule has 2 heteroatoms. The summed E-state index contributed by atoms with van der Waals surface area (Å²) in [5.41, 5.74) is 0. The Bertz CT molecular complexity index is 123. The Labute approximate surface area is 68.0 Å². The van der Waals surface area contributed by atoms with Crippen molar-refractivity contribution in [3.63, 3.8) is 0 Å². The highest BCUT2D eigenvalue weighted by Gasteiger charge is 2.38. The van der Waals surface area contributed by atoms with E-state index < -0.39 is 0 Å². The van der Waals surface area contributed by atoms with Crippen LogP contribution in [0.25, 0.3) is 0 Å². The maximum atomic E-state index is 4.45. The first-order chi connectivity index (χ1) is 4.77. The summed E-state index contributed by atoms with van der Waals surface area (Å²) in [6, 6.07) is 0.779. The molecular formula is C8H15NS. The van der Waals surface area contributed by atoms with Crippen molar-refractivity contribution in [1.82, 2.24) is 5.32 Å². The third-order valence-corrected chi connectivity index (χ3v) is 3.52. The maximum absolute atomic E-state index is 4.45. The molecule has 1 N–H and O–H groups in total. The van der Waals surface area contributed by atoms with Crippen LogP contribution in [0.3, 0.4) is 0 Å². The molecule has 10 heavy (non-hydrogen) atoms. The SMILES string of the molecule is C[C@H]1C2CCC1NC(S)C2. The van der Waals surface area contributed by atoms with Gasteiger partial charge in [-0.3, -0.25) is 0 Å². The second-order valence-electron chi connectivity index (χ2n) is 3.72. The summed E-state index contributed by atoms with van der Waals surface area (Å²) in [6.07, 6.45) is 4.08. The third-order valence-electron chi connectivity index (χ3n) is 3.16. The summed E-state index contributed by atoms with van der Waals surface area (Å²) in [7, 11) is 0. The Hall–Kier alpha value is 0.310. The molecule has 1 aliphatic carbocycles. The molecule has 0 aromatic rings. The van der Waals surface area contributed by atoms with Crippen LogP contribution in [0.15, 0.2) is 0 Å². The summed E-state index contributed by atoms with van der Waals surface area (Å²) < 4.78 is 0. The van der Waals surface area contributed by atoms with Gasteiger partial charge in [-0.2, -0.15) is 12.6 Å². The molecule has 2 aliphatic rings. The number of thiol groups is 1. The van der Waals surface area contributed by atoms with Gasteiger partial charge in [0.25, 0.3) is 0 Å². The molecule has 2 bridgehead atoms. The summed E-state index contributed by atoms with van der Waals surface area (Å²) in [5.74, 6) is 1.87. The molecule has 0 amide bonds. The summed E-state index contributed by atoms with van der Waals surface area (Å²) in [6.45, 7) is 2.37. The van der Waals surface area contributed by atoms with Gasteiger partial charge in [0.05, 0.1) is 5.37 Å². The number of fused-ring (bicyclic) bond motifs is 2. The Balaban J connectivity index is 2.09. The van der Waals surface area contributed by atoms with E-state index in [1.54, 1.807) is 0 Å². The molecule has 0 aromatic carbocycles. The fourth-order valence-electron chi connectivity index (χ4n) is 2.42. The highest BCUT2D eigenvalue weighted by molar-refractivity contribution is 7.80. The Kier molecular flexibility index (Phi) is 1.69. The van der Waals surface area contributed by atoms with Gasteiger partial charge in [-0.25, -0.2) is 0 Å². The number of hydrogen-bond acceptors (Lipinski definition) is 2. The van der Waals surface area contributed by atoms with Gasteiger partial charge < -0.3 is 5.32 Å². The molecule has 4 atom stereocenters. The lowest BCUT2D eigenvalue weighted by atomic mass is 9.89. The van der Waals surface area contributed by atoms with E-state index in [1.807, 2.05) is 0 Å². The molecule has 3 unspecified atom stereocenters. The molecule has 2 rings (SSSR count). The second-order valence-corrected chi connectivity index (χ2v) is 4.34. The molecule has 2 fully saturated rings. The largest absolute Gasteiger partial charge is 0.302 e. The zero-order chi connectivity index (χ0) is 7.14. The quantitative estimate of drug-likeness (QED) is 0.510. The molecule has 0 radical (unpaired) electrons. The predicted molar refractivity (Wildman–Crippen MR) is 46.2 cm³/mol. The normalized spacial score (nSPS) is 53.4. The zero-order valence-corrected chi connectivity index (χ0v) is 7.27. The van der Waals surface area contributed by atoms with Gasteiger partial charge in [0.1, 0.15) is 0 Å². The first-order valence-corrected chi connectivity index (χ1v) is 4.73. The minimum absolute atomic E-state index is 0.480. The lowest BCUT2D eigenvalue weighted by Crippen LogP contribution is -2.43. The Morgan fingerprint density at radius 2 is 2.20 bits per heavy atom. The fraction of sp³-hybridized carbons (Fsp3) is 1.00. The van der Waals surface area contributed by atoms with Gasteiger partial charge in [0.15, 0.2) is 0 Å². The molecule has 0 spiro atoms. The van der Waals surface area contributed by atoms with Gasteiger partial charge >= 0.3 is 0 Å². The van der Waals surface area contributed by atoms with Crippen LogP contribution in [0.4, 0.5) is 0 Å². The van der Waals surface area contributed by atoms with Crippen LogP contribution in [-0.2, 0) is 0 Å². The monoisotopic (exact) mass is 157 g/mol. The highest BCUT2D eigenvalue weighted by Crippen LogP contribution is 2.39. The standard InChI is InChI=1S/C8H15NS/c1-5-6-2-3-7(5)9-8(10)4-6/h5-10H,2-4H2,1H3/t5-,6?,7?,8?/m0/s1. The van der Waals surface area contributed by atoms with Crippen molar-refractivity contribution in [1.29, 1.82) is 0 Å². The number of nitrogens with one attached hydrogen (secondary N) is 1. The van der Waals surface area contributed by atoms with Crippen LogP contribution >= 0.6 is 12.6 Å². The van der Waals surface area contributed by atoms with Crippen molar-refractivity contribution in [2.75, 3.05) is 0 Å². The second kappa shape index (κ2) is 2.42. The number of rotatable bonds is 0. The van der Waals surface area contributed by atoms with Gasteiger partial charge in [0, 0.05) is 6.04 Å². The maximum Gasteiger partial charge on any atom is 0.0507 e. The van der Waals surface area contributed by atoms with Crippen LogP contribution in [0.2, 0.25) is 0 Å². The molecular weight excluding hydrogens is 142 g/mol. The molecule has 1 aliphatic heterocycles. The van der Waals surface area contributed by atoms with Crippen LogP contribution in [-0.4, -0.2) is 11.4 Å².